The van der Waals surface area contributed by atoms with Crippen LogP contribution < -0.4 is 14.2 Å². The molecule has 0 aromatic carbocycles. The maximum absolute atomic E-state index is 12.6. The molecule has 2 bridgehead atoms. The molecule has 8 nitrogen and oxygen atoms in total. The Hall–Kier alpha value is -2.47. The normalized spacial score (nSPS) is 25.1. The molecule has 2 aliphatic rings. The van der Waals surface area contributed by atoms with E-state index in [-0.39, 0.29) is 17.9 Å². The Labute approximate surface area is 190 Å². The van der Waals surface area contributed by atoms with E-state index in [4.69, 9.17) is 9.47 Å². The van der Waals surface area contributed by atoms with E-state index in [0.29, 0.717) is 41.6 Å². The third kappa shape index (κ3) is 5.72. The fourth-order valence-electron chi connectivity index (χ4n) is 4.71. The summed E-state index contributed by atoms with van der Waals surface area (Å²) in [5.41, 5.74) is 1.32. The Kier molecular flexibility index (Phi) is 6.50. The number of hydrogen-bond acceptors (Lipinski definition) is 7. The van der Waals surface area contributed by atoms with Gasteiger partial charge in [-0.15, -0.1) is 0 Å². The van der Waals surface area contributed by atoms with Gasteiger partial charge in [0.05, 0.1) is 11.3 Å². The van der Waals surface area contributed by atoms with Gasteiger partial charge >= 0.3 is 6.18 Å². The Balaban J connectivity index is 1.42. The van der Waals surface area contributed by atoms with Gasteiger partial charge in [0.25, 0.3) is 0 Å². The predicted molar refractivity (Wildman–Crippen MR) is 112 cm³/mol. The van der Waals surface area contributed by atoms with E-state index in [2.05, 4.69) is 19.7 Å². The largest absolute Gasteiger partial charge is 0.474 e. The molecule has 2 heterocycles. The van der Waals surface area contributed by atoms with Crippen LogP contribution in [0.4, 0.5) is 13.2 Å². The van der Waals surface area contributed by atoms with Crippen LogP contribution in [0.1, 0.15) is 36.9 Å². The van der Waals surface area contributed by atoms with Gasteiger partial charge in [0.1, 0.15) is 12.4 Å². The standard InChI is InChI=1S/C21H25F3N4O4S/c1-12-19(26-11-27-20(12)32-17-4-3-7-25-13(17)2)31-16-8-14-5-6-15(9-16)18(14)28-33(29,30)10-21(22,23)24/h3-4,7,11,14-16,18,28H,5-6,8-10H2,1-2H3/t14-,15-,16?,18?/m0/s1. The van der Waals surface area contributed by atoms with Crippen molar-refractivity contribution in [1.82, 2.24) is 19.7 Å². The van der Waals surface area contributed by atoms with Crippen molar-refractivity contribution in [2.75, 3.05) is 5.75 Å². The van der Waals surface area contributed by atoms with Crippen molar-refractivity contribution in [3.8, 4) is 17.5 Å². The van der Waals surface area contributed by atoms with Gasteiger partial charge in [-0.2, -0.15) is 13.2 Å². The van der Waals surface area contributed by atoms with E-state index in [1.807, 2.05) is 6.92 Å². The van der Waals surface area contributed by atoms with Crippen molar-refractivity contribution in [2.45, 2.75) is 57.9 Å². The average Bonchev–Trinajstić information content (AvgIpc) is 2.92. The molecule has 0 saturated heterocycles. The first-order chi connectivity index (χ1) is 15.5. The summed E-state index contributed by atoms with van der Waals surface area (Å²) in [4.78, 5) is 12.6. The summed E-state index contributed by atoms with van der Waals surface area (Å²) in [6, 6.07) is 3.03. The minimum atomic E-state index is -4.77. The lowest BCUT2D eigenvalue weighted by Crippen LogP contribution is -2.49. The van der Waals surface area contributed by atoms with Crippen molar-refractivity contribution >= 4 is 10.0 Å². The van der Waals surface area contributed by atoms with Crippen molar-refractivity contribution in [1.29, 1.82) is 0 Å². The molecule has 4 rings (SSSR count). The lowest BCUT2D eigenvalue weighted by atomic mass is 9.83. The number of ether oxygens (including phenoxy) is 2. The van der Waals surface area contributed by atoms with Gasteiger partial charge in [-0.1, -0.05) is 0 Å². The number of nitrogens with zero attached hydrogens (tertiary/aromatic N) is 3. The Morgan fingerprint density at radius 1 is 1.09 bits per heavy atom. The molecule has 180 valence electrons. The highest BCUT2D eigenvalue weighted by Crippen LogP contribution is 2.44. The first-order valence-electron chi connectivity index (χ1n) is 10.7. The van der Waals surface area contributed by atoms with E-state index in [9.17, 15) is 21.6 Å². The quantitative estimate of drug-likeness (QED) is 0.637. The molecule has 1 N–H and O–H groups in total. The number of alkyl halides is 3. The molecule has 2 atom stereocenters. The first-order valence-corrected chi connectivity index (χ1v) is 12.3. The Morgan fingerprint density at radius 2 is 1.76 bits per heavy atom. The number of sulfonamides is 1. The number of rotatable bonds is 7. The first kappa shape index (κ1) is 23.7. The smallest absolute Gasteiger partial charge is 0.404 e. The maximum Gasteiger partial charge on any atom is 0.404 e. The van der Waals surface area contributed by atoms with Crippen LogP contribution in [-0.2, 0) is 10.0 Å². The highest BCUT2D eigenvalue weighted by Gasteiger charge is 2.46. The molecule has 33 heavy (non-hydrogen) atoms. The third-order valence-electron chi connectivity index (χ3n) is 6.16. The zero-order chi connectivity index (χ0) is 23.8. The topological polar surface area (TPSA) is 103 Å². The minimum Gasteiger partial charge on any atom is -0.474 e. The Bertz CT molecular complexity index is 1100. The summed E-state index contributed by atoms with van der Waals surface area (Å²) >= 11 is 0. The summed E-state index contributed by atoms with van der Waals surface area (Å²) in [7, 11) is -4.44. The summed E-state index contributed by atoms with van der Waals surface area (Å²) in [6.07, 6.45) is 0.527. The van der Waals surface area contributed by atoms with Gasteiger partial charge in [0.2, 0.25) is 21.8 Å². The molecular weight excluding hydrogens is 461 g/mol. The fraction of sp³-hybridized carbons (Fsp3) is 0.571. The van der Waals surface area contributed by atoms with Crippen molar-refractivity contribution in [3.63, 3.8) is 0 Å². The van der Waals surface area contributed by atoms with Crippen LogP contribution in [-0.4, -0.2) is 47.4 Å². The minimum absolute atomic E-state index is 0.0901. The molecular formula is C21H25F3N4O4S. The number of aryl methyl sites for hydroxylation is 1. The number of aromatic nitrogens is 3. The molecule has 0 aliphatic heterocycles. The monoisotopic (exact) mass is 486 g/mol. The lowest BCUT2D eigenvalue weighted by molar-refractivity contribution is -0.106. The zero-order valence-corrected chi connectivity index (χ0v) is 19.0. The Morgan fingerprint density at radius 3 is 2.39 bits per heavy atom. The van der Waals surface area contributed by atoms with Crippen LogP contribution in [0.5, 0.6) is 17.5 Å². The average molecular weight is 487 g/mol. The summed E-state index contributed by atoms with van der Waals surface area (Å²) in [6.45, 7) is 3.60. The molecule has 0 unspecified atom stereocenters. The molecule has 2 aromatic heterocycles. The van der Waals surface area contributed by atoms with Gasteiger partial charge < -0.3 is 9.47 Å². The van der Waals surface area contributed by atoms with E-state index >= 15 is 0 Å². The number of pyridine rings is 1. The fourth-order valence-corrected chi connectivity index (χ4v) is 6.02. The highest BCUT2D eigenvalue weighted by molar-refractivity contribution is 7.89. The second-order valence-electron chi connectivity index (χ2n) is 8.62. The second-order valence-corrected chi connectivity index (χ2v) is 10.4. The summed E-state index contributed by atoms with van der Waals surface area (Å²) in [5, 5.41) is 0. The van der Waals surface area contributed by atoms with E-state index in [1.165, 1.54) is 6.33 Å². The SMILES string of the molecule is Cc1ncccc1Oc1ncnc(OC2C[C@@H]3CC[C@@H](C2)C3NS(=O)(=O)CC(F)(F)F)c1C. The van der Waals surface area contributed by atoms with E-state index in [1.54, 1.807) is 25.3 Å². The van der Waals surface area contributed by atoms with Crippen molar-refractivity contribution < 1.29 is 31.1 Å². The number of fused-ring (bicyclic) bond motifs is 2. The molecule has 0 amide bonds. The number of halogens is 3. The van der Waals surface area contributed by atoms with Crippen molar-refractivity contribution in [2.24, 2.45) is 11.8 Å². The van der Waals surface area contributed by atoms with Crippen LogP contribution in [0.25, 0.3) is 0 Å². The summed E-state index contributed by atoms with van der Waals surface area (Å²) in [5.74, 6) is -0.778. The van der Waals surface area contributed by atoms with Crippen molar-refractivity contribution in [3.05, 3.63) is 35.9 Å². The molecule has 12 heteroatoms. The molecule has 0 radical (unpaired) electrons. The van der Waals surface area contributed by atoms with Gasteiger partial charge in [-0.25, -0.2) is 23.1 Å². The maximum atomic E-state index is 12.6. The lowest BCUT2D eigenvalue weighted by Gasteiger charge is -2.35. The van der Waals surface area contributed by atoms with Crippen LogP contribution in [0.15, 0.2) is 24.7 Å². The second kappa shape index (κ2) is 9.05. The predicted octanol–water partition coefficient (Wildman–Crippen LogP) is 3.70. The number of hydrogen-bond donors (Lipinski definition) is 1. The van der Waals surface area contributed by atoms with Gasteiger partial charge in [-0.05, 0) is 63.5 Å². The van der Waals surface area contributed by atoms with Crippen LogP contribution in [0, 0.1) is 25.7 Å². The summed E-state index contributed by atoms with van der Waals surface area (Å²) < 4.78 is 76.0. The molecule has 0 spiro atoms. The van der Waals surface area contributed by atoms with Crippen LogP contribution in [0.2, 0.25) is 0 Å². The van der Waals surface area contributed by atoms with Crippen LogP contribution >= 0.6 is 0 Å². The van der Waals surface area contributed by atoms with Gasteiger partial charge in [-0.3, -0.25) is 4.98 Å². The van der Waals surface area contributed by atoms with Gasteiger partial charge in [0, 0.05) is 12.2 Å². The van der Waals surface area contributed by atoms with Gasteiger partial charge in [0.15, 0.2) is 11.5 Å². The molecule has 2 aliphatic carbocycles. The molecule has 2 saturated carbocycles. The molecule has 2 aromatic rings. The molecule has 2 fully saturated rings. The zero-order valence-electron chi connectivity index (χ0n) is 18.2. The third-order valence-corrected chi connectivity index (χ3v) is 7.50. The van der Waals surface area contributed by atoms with E-state index in [0.717, 1.165) is 12.8 Å². The van der Waals surface area contributed by atoms with Crippen LogP contribution in [0.3, 0.4) is 0 Å². The van der Waals surface area contributed by atoms with E-state index < -0.39 is 28.0 Å². The number of nitrogens with one attached hydrogen (secondary N) is 1. The highest BCUT2D eigenvalue weighted by atomic mass is 32.2.